The van der Waals surface area contributed by atoms with E-state index in [0.717, 1.165) is 0 Å². The van der Waals surface area contributed by atoms with Gasteiger partial charge in [0, 0.05) is 11.1 Å². The van der Waals surface area contributed by atoms with Gasteiger partial charge in [0.05, 0.1) is 12.5 Å². The normalized spacial score (nSPS) is 13.4. The largest absolute Gasteiger partial charge is 0.390 e. The Morgan fingerprint density at radius 3 is 2.18 bits per heavy atom. The molecule has 2 rings (SSSR count). The van der Waals surface area contributed by atoms with Gasteiger partial charge in [0.2, 0.25) is 5.91 Å². The van der Waals surface area contributed by atoms with E-state index >= 15 is 0 Å². The van der Waals surface area contributed by atoms with Gasteiger partial charge < -0.3 is 15.9 Å². The number of aliphatic hydroxyl groups excluding tert-OH is 2. The summed E-state index contributed by atoms with van der Waals surface area (Å²) in [6, 6.07) is 15.1. The van der Waals surface area contributed by atoms with Crippen molar-refractivity contribution in [2.45, 2.75) is 18.6 Å². The summed E-state index contributed by atoms with van der Waals surface area (Å²) in [6.07, 6.45) is -3.10. The predicted octanol–water partition coefficient (Wildman–Crippen LogP) is 1.19. The lowest BCUT2D eigenvalue weighted by Gasteiger charge is -2.19. The van der Waals surface area contributed by atoms with Crippen LogP contribution in [0.3, 0.4) is 0 Å². The van der Waals surface area contributed by atoms with Crippen LogP contribution in [0.4, 0.5) is 0 Å². The minimum absolute atomic E-state index is 0.262. The number of aliphatic hydroxyl groups is 2. The number of amides is 1. The zero-order chi connectivity index (χ0) is 16.1. The second kappa shape index (κ2) is 6.98. The smallest absolute Gasteiger partial charge is 0.220 e. The number of primary amides is 1. The van der Waals surface area contributed by atoms with Gasteiger partial charge in [0.15, 0.2) is 5.78 Å². The molecule has 0 heterocycles. The fourth-order valence-corrected chi connectivity index (χ4v) is 2.23. The summed E-state index contributed by atoms with van der Waals surface area (Å²) in [6.45, 7) is 0. The van der Waals surface area contributed by atoms with E-state index in [2.05, 4.69) is 0 Å². The van der Waals surface area contributed by atoms with E-state index in [1.807, 2.05) is 0 Å². The predicted molar refractivity (Wildman–Crippen MR) is 81.1 cm³/mol. The van der Waals surface area contributed by atoms with Crippen LogP contribution in [0.5, 0.6) is 0 Å². The molecule has 0 aromatic heterocycles. The Morgan fingerprint density at radius 2 is 1.55 bits per heavy atom. The molecular formula is C17H17NO4. The summed E-state index contributed by atoms with van der Waals surface area (Å²) in [5.41, 5.74) is 6.05. The first-order chi connectivity index (χ1) is 10.5. The Balaban J connectivity index is 2.34. The molecule has 5 nitrogen and oxygen atoms in total. The zero-order valence-corrected chi connectivity index (χ0v) is 11.8. The molecular weight excluding hydrogens is 282 g/mol. The van der Waals surface area contributed by atoms with E-state index in [9.17, 15) is 19.8 Å². The highest BCUT2D eigenvalue weighted by Gasteiger charge is 2.25. The van der Waals surface area contributed by atoms with Crippen LogP contribution < -0.4 is 5.73 Å². The van der Waals surface area contributed by atoms with E-state index in [4.69, 9.17) is 5.73 Å². The SMILES string of the molecule is NC(=O)CC(O)C(O)c1ccccc1C(=O)c1ccccc1. The summed E-state index contributed by atoms with van der Waals surface area (Å²) < 4.78 is 0. The first-order valence-electron chi connectivity index (χ1n) is 6.84. The van der Waals surface area contributed by atoms with E-state index in [1.165, 1.54) is 0 Å². The zero-order valence-electron chi connectivity index (χ0n) is 11.8. The summed E-state index contributed by atoms with van der Waals surface area (Å²) >= 11 is 0. The van der Waals surface area contributed by atoms with Gasteiger partial charge in [-0.2, -0.15) is 0 Å². The molecule has 2 aromatic rings. The molecule has 2 unspecified atom stereocenters. The van der Waals surface area contributed by atoms with Crippen molar-refractivity contribution < 1.29 is 19.8 Å². The number of hydrogen-bond acceptors (Lipinski definition) is 4. The van der Waals surface area contributed by atoms with Crippen molar-refractivity contribution in [3.63, 3.8) is 0 Å². The molecule has 0 aliphatic rings. The van der Waals surface area contributed by atoms with Crippen molar-refractivity contribution in [2.24, 2.45) is 5.73 Å². The maximum atomic E-state index is 12.5. The lowest BCUT2D eigenvalue weighted by Crippen LogP contribution is -2.26. The number of carbonyl (C=O) groups excluding carboxylic acids is 2. The summed E-state index contributed by atoms with van der Waals surface area (Å²) in [7, 11) is 0. The van der Waals surface area contributed by atoms with Gasteiger partial charge in [-0.3, -0.25) is 9.59 Å². The fraction of sp³-hybridized carbons (Fsp3) is 0.176. The highest BCUT2D eigenvalue weighted by atomic mass is 16.3. The van der Waals surface area contributed by atoms with Crippen molar-refractivity contribution in [1.82, 2.24) is 0 Å². The number of benzene rings is 2. The van der Waals surface area contributed by atoms with Gasteiger partial charge in [0.25, 0.3) is 0 Å². The van der Waals surface area contributed by atoms with E-state index in [1.54, 1.807) is 54.6 Å². The van der Waals surface area contributed by atoms with Crippen LogP contribution in [0.2, 0.25) is 0 Å². The van der Waals surface area contributed by atoms with Crippen LogP contribution >= 0.6 is 0 Å². The lowest BCUT2D eigenvalue weighted by atomic mass is 9.92. The molecule has 0 fully saturated rings. The molecule has 1 amide bonds. The first kappa shape index (κ1) is 15.9. The highest BCUT2D eigenvalue weighted by Crippen LogP contribution is 2.24. The van der Waals surface area contributed by atoms with Crippen LogP contribution in [0.25, 0.3) is 0 Å². The van der Waals surface area contributed by atoms with Gasteiger partial charge in [-0.15, -0.1) is 0 Å². The average Bonchev–Trinajstić information content (AvgIpc) is 2.53. The molecule has 0 spiro atoms. The fourth-order valence-electron chi connectivity index (χ4n) is 2.23. The molecule has 2 atom stereocenters. The van der Waals surface area contributed by atoms with Crippen molar-refractivity contribution >= 4 is 11.7 Å². The van der Waals surface area contributed by atoms with E-state index in [0.29, 0.717) is 5.56 Å². The maximum absolute atomic E-state index is 12.5. The number of carbonyl (C=O) groups is 2. The van der Waals surface area contributed by atoms with Crippen LogP contribution in [0.15, 0.2) is 54.6 Å². The Morgan fingerprint density at radius 1 is 0.955 bits per heavy atom. The Labute approximate surface area is 128 Å². The third-order valence-electron chi connectivity index (χ3n) is 3.33. The molecule has 4 N–H and O–H groups in total. The minimum Gasteiger partial charge on any atom is -0.390 e. The molecule has 0 aliphatic carbocycles. The highest BCUT2D eigenvalue weighted by molar-refractivity contribution is 6.10. The number of hydrogen-bond donors (Lipinski definition) is 3. The number of ketones is 1. The van der Waals surface area contributed by atoms with Crippen LogP contribution in [-0.4, -0.2) is 28.0 Å². The average molecular weight is 299 g/mol. The third-order valence-corrected chi connectivity index (χ3v) is 3.33. The van der Waals surface area contributed by atoms with Crippen molar-refractivity contribution in [1.29, 1.82) is 0 Å². The van der Waals surface area contributed by atoms with Gasteiger partial charge >= 0.3 is 0 Å². The molecule has 22 heavy (non-hydrogen) atoms. The number of nitrogens with two attached hydrogens (primary N) is 1. The first-order valence-corrected chi connectivity index (χ1v) is 6.84. The molecule has 114 valence electrons. The number of rotatable bonds is 6. The molecule has 0 radical (unpaired) electrons. The summed E-state index contributed by atoms with van der Waals surface area (Å²) in [4.78, 5) is 23.4. The molecule has 0 aliphatic heterocycles. The maximum Gasteiger partial charge on any atom is 0.220 e. The van der Waals surface area contributed by atoms with Crippen LogP contribution in [0, 0.1) is 0 Å². The van der Waals surface area contributed by atoms with Gasteiger partial charge in [-0.25, -0.2) is 0 Å². The lowest BCUT2D eigenvalue weighted by molar-refractivity contribution is -0.121. The summed E-state index contributed by atoms with van der Waals surface area (Å²) in [5, 5.41) is 20.1. The van der Waals surface area contributed by atoms with Crippen molar-refractivity contribution in [3.05, 3.63) is 71.3 Å². The third kappa shape index (κ3) is 3.58. The monoisotopic (exact) mass is 299 g/mol. The van der Waals surface area contributed by atoms with Gasteiger partial charge in [0.1, 0.15) is 6.10 Å². The van der Waals surface area contributed by atoms with Crippen molar-refractivity contribution in [2.75, 3.05) is 0 Å². The summed E-state index contributed by atoms with van der Waals surface area (Å²) in [5.74, 6) is -0.986. The second-order valence-corrected chi connectivity index (χ2v) is 4.97. The van der Waals surface area contributed by atoms with E-state index < -0.39 is 18.1 Å². The Hall–Kier alpha value is -2.50. The molecule has 0 saturated carbocycles. The van der Waals surface area contributed by atoms with Gasteiger partial charge in [-0.05, 0) is 5.56 Å². The molecule has 5 heteroatoms. The van der Waals surface area contributed by atoms with Crippen LogP contribution in [-0.2, 0) is 4.79 Å². The quantitative estimate of drug-likeness (QED) is 0.697. The minimum atomic E-state index is -1.36. The van der Waals surface area contributed by atoms with E-state index in [-0.39, 0.29) is 23.3 Å². The van der Waals surface area contributed by atoms with Gasteiger partial charge in [-0.1, -0.05) is 54.6 Å². The van der Waals surface area contributed by atoms with Crippen molar-refractivity contribution in [3.8, 4) is 0 Å². The molecule has 2 aromatic carbocycles. The molecule has 0 saturated heterocycles. The Kier molecular flexibility index (Phi) is 5.04. The topological polar surface area (TPSA) is 101 Å². The second-order valence-electron chi connectivity index (χ2n) is 4.97. The van der Waals surface area contributed by atoms with Crippen LogP contribution in [0.1, 0.15) is 34.0 Å². The Bertz CT molecular complexity index is 669. The molecule has 0 bridgehead atoms. The standard InChI is InChI=1S/C17H17NO4/c18-15(20)10-14(19)17(22)13-9-5-4-8-12(13)16(21)11-6-2-1-3-7-11/h1-9,14,17,19,22H,10H2,(H2,18,20).